The summed E-state index contributed by atoms with van der Waals surface area (Å²) in [5.74, 6) is -1.50. The van der Waals surface area contributed by atoms with E-state index in [0.29, 0.717) is 25.3 Å². The van der Waals surface area contributed by atoms with E-state index in [4.69, 9.17) is 0 Å². The molecule has 0 aromatic heterocycles. The monoisotopic (exact) mass is 318 g/mol. The van der Waals surface area contributed by atoms with Crippen LogP contribution in [0.2, 0.25) is 0 Å². The smallest absolute Gasteiger partial charge is 0.335 e. The van der Waals surface area contributed by atoms with E-state index in [1.54, 1.807) is 12.1 Å². The third-order valence-electron chi connectivity index (χ3n) is 5.29. The average molecular weight is 318 g/mol. The van der Waals surface area contributed by atoms with Gasteiger partial charge in [-0.05, 0) is 49.1 Å². The molecule has 122 valence electrons. The number of carbonyl (C=O) groups excluding carboxylic acids is 1. The van der Waals surface area contributed by atoms with Crippen molar-refractivity contribution in [2.45, 2.75) is 30.8 Å². The van der Waals surface area contributed by atoms with E-state index in [0.717, 1.165) is 18.4 Å². The van der Waals surface area contributed by atoms with Gasteiger partial charge >= 0.3 is 5.97 Å². The van der Waals surface area contributed by atoms with Gasteiger partial charge in [-0.2, -0.15) is 0 Å². The number of halogens is 1. The summed E-state index contributed by atoms with van der Waals surface area (Å²) >= 11 is 0. The highest BCUT2D eigenvalue weighted by atomic mass is 19.1. The van der Waals surface area contributed by atoms with E-state index in [9.17, 15) is 14.7 Å². The van der Waals surface area contributed by atoms with Crippen molar-refractivity contribution < 1.29 is 19.1 Å². The Labute approximate surface area is 133 Å². The number of piperidine rings is 1. The lowest BCUT2D eigenvalue weighted by molar-refractivity contribution is -0.130. The zero-order valence-electron chi connectivity index (χ0n) is 12.7. The molecule has 23 heavy (non-hydrogen) atoms. The highest BCUT2D eigenvalue weighted by Gasteiger charge is 2.56. The highest BCUT2D eigenvalue weighted by Crippen LogP contribution is 2.47. The highest BCUT2D eigenvalue weighted by molar-refractivity contribution is 6.03. The van der Waals surface area contributed by atoms with Crippen LogP contribution in [0, 0.1) is 5.92 Å². The fourth-order valence-electron chi connectivity index (χ4n) is 3.79. The van der Waals surface area contributed by atoms with Crippen molar-refractivity contribution in [3.8, 4) is 0 Å². The van der Waals surface area contributed by atoms with Crippen LogP contribution in [0.25, 0.3) is 0 Å². The second kappa shape index (κ2) is 5.03. The predicted molar refractivity (Wildman–Crippen MR) is 82.5 cm³/mol. The van der Waals surface area contributed by atoms with Gasteiger partial charge in [-0.25, -0.2) is 9.18 Å². The number of nitrogens with zero attached hydrogens (tertiary/aromatic N) is 1. The van der Waals surface area contributed by atoms with E-state index in [2.05, 4.69) is 5.32 Å². The molecule has 0 spiro atoms. The molecule has 3 fully saturated rings. The second-order valence-electron chi connectivity index (χ2n) is 6.78. The van der Waals surface area contributed by atoms with Crippen molar-refractivity contribution in [1.82, 2.24) is 5.32 Å². The van der Waals surface area contributed by atoms with E-state index in [1.807, 2.05) is 0 Å². The number of carbonyl (C=O) groups is 2. The lowest BCUT2D eigenvalue weighted by Crippen LogP contribution is -2.49. The number of hydrogen-bond acceptors (Lipinski definition) is 3. The molecule has 0 bridgehead atoms. The zero-order chi connectivity index (χ0) is 16.2. The first-order valence-electron chi connectivity index (χ1n) is 8.09. The Morgan fingerprint density at radius 2 is 2.17 bits per heavy atom. The summed E-state index contributed by atoms with van der Waals surface area (Å²) in [6.07, 6.45) is 2.19. The van der Waals surface area contributed by atoms with Crippen LogP contribution in [0.3, 0.4) is 0 Å². The quantitative estimate of drug-likeness (QED) is 0.893. The lowest BCUT2D eigenvalue weighted by Gasteiger charge is -2.29. The Kier molecular flexibility index (Phi) is 3.20. The van der Waals surface area contributed by atoms with E-state index in [-0.39, 0.29) is 23.8 Å². The molecule has 0 unspecified atom stereocenters. The Hall–Kier alpha value is -1.95. The molecule has 2 saturated heterocycles. The average Bonchev–Trinajstić information content (AvgIpc) is 3.34. The Balaban J connectivity index is 1.73. The molecule has 2 aliphatic heterocycles. The van der Waals surface area contributed by atoms with Crippen LogP contribution in [-0.4, -0.2) is 42.3 Å². The summed E-state index contributed by atoms with van der Waals surface area (Å²) in [6, 6.07) is 4.82. The van der Waals surface area contributed by atoms with Crippen LogP contribution in [0.5, 0.6) is 0 Å². The maximum Gasteiger partial charge on any atom is 0.335 e. The molecule has 6 heteroatoms. The molecular weight excluding hydrogens is 299 g/mol. The fourth-order valence-corrected chi connectivity index (χ4v) is 3.79. The number of carboxylic acid groups (broad SMARTS) is 1. The molecule has 4 rings (SSSR count). The molecule has 5 nitrogen and oxygen atoms in total. The van der Waals surface area contributed by atoms with Gasteiger partial charge in [-0.3, -0.25) is 4.79 Å². The summed E-state index contributed by atoms with van der Waals surface area (Å²) < 4.78 is 15.1. The fraction of sp³-hybridized carbons (Fsp3) is 0.529. The van der Waals surface area contributed by atoms with Gasteiger partial charge in [0.05, 0.1) is 5.56 Å². The SMILES string of the molecule is O=C(O)c1ccc(N2C[C@@H]3CNCC[C@]3(F)C2=O)c(C2CC2)c1. The number of amides is 1. The summed E-state index contributed by atoms with van der Waals surface area (Å²) in [6.45, 7) is 1.37. The number of carboxylic acids is 1. The third-order valence-corrected chi connectivity index (χ3v) is 5.29. The minimum atomic E-state index is -1.78. The molecule has 2 N–H and O–H groups in total. The van der Waals surface area contributed by atoms with Gasteiger partial charge < -0.3 is 15.3 Å². The van der Waals surface area contributed by atoms with Gasteiger partial charge in [0, 0.05) is 31.1 Å². The number of hydrogen-bond donors (Lipinski definition) is 2. The minimum Gasteiger partial charge on any atom is -0.478 e. The topological polar surface area (TPSA) is 69.6 Å². The molecule has 1 aliphatic carbocycles. The first kappa shape index (κ1) is 14.6. The van der Waals surface area contributed by atoms with Crippen molar-refractivity contribution in [3.63, 3.8) is 0 Å². The number of anilines is 1. The van der Waals surface area contributed by atoms with Crippen LogP contribution >= 0.6 is 0 Å². The Bertz CT molecular complexity index is 688. The largest absolute Gasteiger partial charge is 0.478 e. The number of fused-ring (bicyclic) bond motifs is 1. The van der Waals surface area contributed by atoms with E-state index < -0.39 is 17.5 Å². The molecule has 2 heterocycles. The predicted octanol–water partition coefficient (Wildman–Crippen LogP) is 1.93. The molecule has 2 atom stereocenters. The van der Waals surface area contributed by atoms with E-state index in [1.165, 1.54) is 11.0 Å². The van der Waals surface area contributed by atoms with E-state index >= 15 is 4.39 Å². The molecule has 1 aromatic rings. The van der Waals surface area contributed by atoms with Crippen LogP contribution in [-0.2, 0) is 4.79 Å². The van der Waals surface area contributed by atoms with Gasteiger partial charge in [-0.1, -0.05) is 0 Å². The van der Waals surface area contributed by atoms with Gasteiger partial charge in [0.15, 0.2) is 5.67 Å². The summed E-state index contributed by atoms with van der Waals surface area (Å²) in [4.78, 5) is 25.4. The van der Waals surface area contributed by atoms with Crippen molar-refractivity contribution in [3.05, 3.63) is 29.3 Å². The Morgan fingerprint density at radius 1 is 1.39 bits per heavy atom. The number of nitrogens with one attached hydrogen (secondary N) is 1. The summed E-state index contributed by atoms with van der Waals surface area (Å²) in [7, 11) is 0. The maximum atomic E-state index is 15.1. The van der Waals surface area contributed by atoms with Crippen molar-refractivity contribution in [1.29, 1.82) is 0 Å². The molecular formula is C17H19FN2O3. The number of benzene rings is 1. The van der Waals surface area contributed by atoms with Gasteiger partial charge in [0.25, 0.3) is 5.91 Å². The number of alkyl halides is 1. The van der Waals surface area contributed by atoms with Crippen LogP contribution < -0.4 is 10.2 Å². The lowest BCUT2D eigenvalue weighted by atomic mass is 9.86. The van der Waals surface area contributed by atoms with Crippen LogP contribution in [0.15, 0.2) is 18.2 Å². The normalized spacial score (nSPS) is 30.4. The van der Waals surface area contributed by atoms with Gasteiger partial charge in [0.1, 0.15) is 0 Å². The van der Waals surface area contributed by atoms with Crippen molar-refractivity contribution in [2.24, 2.45) is 5.92 Å². The summed E-state index contributed by atoms with van der Waals surface area (Å²) in [5, 5.41) is 12.3. The summed E-state index contributed by atoms with van der Waals surface area (Å²) in [5.41, 5.74) is -0.00362. The minimum absolute atomic E-state index is 0.207. The Morgan fingerprint density at radius 3 is 2.83 bits per heavy atom. The standard InChI is InChI=1S/C17H19FN2O3/c18-17-5-6-19-8-12(17)9-20(16(17)23)14-4-3-11(15(21)22)7-13(14)10-1-2-10/h3-4,7,10,12,19H,1-2,5-6,8-9H2,(H,21,22)/t12-,17+/m0/s1. The van der Waals surface area contributed by atoms with Crippen molar-refractivity contribution in [2.75, 3.05) is 24.5 Å². The molecule has 3 aliphatic rings. The first-order valence-corrected chi connectivity index (χ1v) is 8.09. The zero-order valence-corrected chi connectivity index (χ0v) is 12.7. The van der Waals surface area contributed by atoms with Gasteiger partial charge in [0.2, 0.25) is 0 Å². The first-order chi connectivity index (χ1) is 11.0. The van der Waals surface area contributed by atoms with Crippen molar-refractivity contribution >= 4 is 17.6 Å². The number of rotatable bonds is 3. The van der Waals surface area contributed by atoms with Crippen LogP contribution in [0.4, 0.5) is 10.1 Å². The molecule has 1 saturated carbocycles. The molecule has 1 aromatic carbocycles. The number of aromatic carboxylic acids is 1. The third kappa shape index (κ3) is 2.24. The van der Waals surface area contributed by atoms with Crippen LogP contribution in [0.1, 0.15) is 41.1 Å². The maximum absolute atomic E-state index is 15.1. The molecule has 0 radical (unpaired) electrons. The van der Waals surface area contributed by atoms with Gasteiger partial charge in [-0.15, -0.1) is 0 Å². The second-order valence-corrected chi connectivity index (χ2v) is 6.78. The molecule has 1 amide bonds.